The van der Waals surface area contributed by atoms with Crippen LogP contribution in [0.1, 0.15) is 11.1 Å². The van der Waals surface area contributed by atoms with Crippen molar-refractivity contribution in [2.24, 2.45) is 0 Å². The van der Waals surface area contributed by atoms with E-state index >= 15 is 0 Å². The summed E-state index contributed by atoms with van der Waals surface area (Å²) >= 11 is 1.87. The molecule has 0 bridgehead atoms. The highest BCUT2D eigenvalue weighted by Crippen LogP contribution is 2.43. The summed E-state index contributed by atoms with van der Waals surface area (Å²) in [7, 11) is 0. The van der Waals surface area contributed by atoms with Crippen LogP contribution in [0.15, 0.2) is 164 Å². The normalized spacial score (nSPS) is 11.9. The van der Waals surface area contributed by atoms with E-state index in [1.165, 1.54) is 85.9 Å². The lowest BCUT2D eigenvalue weighted by molar-refractivity contribution is 1.28. The molecule has 9 aromatic rings. The first-order valence-electron chi connectivity index (χ1n) is 15.9. The minimum absolute atomic E-state index is 0.874. The van der Waals surface area contributed by atoms with E-state index in [9.17, 15) is 0 Å². The first kappa shape index (κ1) is 26.9. The van der Waals surface area contributed by atoms with Crippen molar-refractivity contribution in [3.8, 4) is 22.3 Å². The fourth-order valence-corrected chi connectivity index (χ4v) is 8.26. The lowest BCUT2D eigenvalue weighted by Gasteiger charge is -2.17. The minimum atomic E-state index is 0.874. The Hall–Kier alpha value is -5.50. The second-order valence-corrected chi connectivity index (χ2v) is 13.1. The topological polar surface area (TPSA) is 0 Å². The summed E-state index contributed by atoms with van der Waals surface area (Å²) in [5.74, 6) is 0. The molecular weight excluding hydrogens is 573 g/mol. The number of rotatable bonds is 5. The Bertz CT molecular complexity index is 2580. The predicted molar refractivity (Wildman–Crippen MR) is 202 cm³/mol. The molecule has 0 aliphatic carbocycles. The van der Waals surface area contributed by atoms with Crippen molar-refractivity contribution < 1.29 is 0 Å². The van der Waals surface area contributed by atoms with E-state index in [0.29, 0.717) is 0 Å². The molecular formula is C45H30S. The molecule has 0 aliphatic rings. The summed E-state index contributed by atoms with van der Waals surface area (Å²) in [5.41, 5.74) is 7.68. The Kier molecular flexibility index (Phi) is 6.51. The predicted octanol–water partition coefficient (Wildman–Crippen LogP) is 13.1. The largest absolute Gasteiger partial charge is 0.135 e. The van der Waals surface area contributed by atoms with Crippen LogP contribution in [0.25, 0.3) is 80.8 Å². The molecule has 0 aliphatic heterocycles. The molecule has 0 N–H and O–H groups in total. The third-order valence-corrected chi connectivity index (χ3v) is 10.5. The summed E-state index contributed by atoms with van der Waals surface area (Å²) in [5, 5.41) is 10.4. The van der Waals surface area contributed by atoms with E-state index in [2.05, 4.69) is 170 Å². The molecule has 9 rings (SSSR count). The Morgan fingerprint density at radius 1 is 0.435 bits per heavy atom. The quantitative estimate of drug-likeness (QED) is 0.136. The molecule has 0 saturated heterocycles. The number of thiophene rings is 1. The first-order chi connectivity index (χ1) is 22.8. The van der Waals surface area contributed by atoms with E-state index in [-0.39, 0.29) is 0 Å². The van der Waals surface area contributed by atoms with Crippen LogP contribution in [0, 0.1) is 0 Å². The van der Waals surface area contributed by atoms with Gasteiger partial charge in [0, 0.05) is 20.2 Å². The Morgan fingerprint density at radius 3 is 1.93 bits per heavy atom. The van der Waals surface area contributed by atoms with E-state index < -0.39 is 0 Å². The second kappa shape index (κ2) is 11.1. The minimum Gasteiger partial charge on any atom is -0.135 e. The molecule has 0 nitrogen and oxygen atoms in total. The van der Waals surface area contributed by atoms with Gasteiger partial charge in [-0.05, 0) is 84.3 Å². The summed E-state index contributed by atoms with van der Waals surface area (Å²) in [4.78, 5) is 0. The lowest BCUT2D eigenvalue weighted by Crippen LogP contribution is -1.91. The van der Waals surface area contributed by atoms with Crippen LogP contribution in [0.2, 0.25) is 0 Å². The van der Waals surface area contributed by atoms with Gasteiger partial charge in [0.1, 0.15) is 0 Å². The Balaban J connectivity index is 1.10. The van der Waals surface area contributed by atoms with Gasteiger partial charge in [0.25, 0.3) is 0 Å². The van der Waals surface area contributed by atoms with E-state index in [0.717, 1.165) is 6.42 Å². The van der Waals surface area contributed by atoms with Crippen molar-refractivity contribution in [2.45, 2.75) is 6.42 Å². The maximum atomic E-state index is 2.34. The van der Waals surface area contributed by atoms with Gasteiger partial charge in [0.15, 0.2) is 0 Å². The first-order valence-corrected chi connectivity index (χ1v) is 16.7. The molecule has 216 valence electrons. The van der Waals surface area contributed by atoms with Crippen molar-refractivity contribution in [1.29, 1.82) is 0 Å². The third kappa shape index (κ3) is 4.52. The standard InChI is InChI=1S/C45H30S/c1-2-13-33(14-3-1)44-40-18-7-6-16-36(40)37(41-28-25-32-12-4-5-15-35(32)45(41)44)19-10-11-30-21-23-31(24-22-30)34-26-27-39-38-17-8-9-20-42(38)46-43(39)29-34/h1-10,12-29H,11H2/b19-10+. The summed E-state index contributed by atoms with van der Waals surface area (Å²) in [6.45, 7) is 0. The van der Waals surface area contributed by atoms with Gasteiger partial charge in [-0.3, -0.25) is 0 Å². The fourth-order valence-electron chi connectivity index (χ4n) is 7.12. The molecule has 1 heterocycles. The van der Waals surface area contributed by atoms with Crippen molar-refractivity contribution in [3.63, 3.8) is 0 Å². The molecule has 0 unspecified atom stereocenters. The number of fused-ring (bicyclic) bond motifs is 7. The van der Waals surface area contributed by atoms with Gasteiger partial charge in [0.05, 0.1) is 0 Å². The van der Waals surface area contributed by atoms with Crippen molar-refractivity contribution in [3.05, 3.63) is 175 Å². The monoisotopic (exact) mass is 602 g/mol. The molecule has 0 atom stereocenters. The highest BCUT2D eigenvalue weighted by molar-refractivity contribution is 7.25. The molecule has 0 spiro atoms. The molecule has 0 radical (unpaired) electrons. The SMILES string of the molecule is C(=C\c1c2ccccc2c(-c2ccccc2)c2c1ccc1ccccc12)/Cc1ccc(-c2ccc3c(c2)sc2ccccc23)cc1. The highest BCUT2D eigenvalue weighted by atomic mass is 32.1. The van der Waals surface area contributed by atoms with Crippen LogP contribution in [0.5, 0.6) is 0 Å². The lowest BCUT2D eigenvalue weighted by atomic mass is 9.86. The van der Waals surface area contributed by atoms with Gasteiger partial charge in [-0.2, -0.15) is 0 Å². The second-order valence-electron chi connectivity index (χ2n) is 12.0. The molecule has 1 aromatic heterocycles. The third-order valence-electron chi connectivity index (χ3n) is 9.32. The average Bonchev–Trinajstić information content (AvgIpc) is 3.50. The summed E-state index contributed by atoms with van der Waals surface area (Å²) in [6.07, 6.45) is 5.55. The summed E-state index contributed by atoms with van der Waals surface area (Å²) in [6, 6.07) is 57.8. The Labute approximate surface area is 272 Å². The number of hydrogen-bond acceptors (Lipinski definition) is 1. The molecule has 46 heavy (non-hydrogen) atoms. The maximum absolute atomic E-state index is 2.34. The van der Waals surface area contributed by atoms with Gasteiger partial charge in [-0.25, -0.2) is 0 Å². The zero-order valence-electron chi connectivity index (χ0n) is 25.3. The highest BCUT2D eigenvalue weighted by Gasteiger charge is 2.16. The Morgan fingerprint density at radius 2 is 1.09 bits per heavy atom. The number of allylic oxidation sites excluding steroid dienone is 1. The molecule has 0 fully saturated rings. The fraction of sp³-hybridized carbons (Fsp3) is 0.0222. The smallest absolute Gasteiger partial charge is 0.0361 e. The van der Waals surface area contributed by atoms with Gasteiger partial charge < -0.3 is 0 Å². The van der Waals surface area contributed by atoms with Gasteiger partial charge in [-0.15, -0.1) is 11.3 Å². The molecule has 0 amide bonds. The summed E-state index contributed by atoms with van der Waals surface area (Å²) < 4.78 is 2.69. The molecule has 1 heteroatoms. The van der Waals surface area contributed by atoms with E-state index in [1.807, 2.05) is 11.3 Å². The van der Waals surface area contributed by atoms with Gasteiger partial charge in [0.2, 0.25) is 0 Å². The van der Waals surface area contributed by atoms with Crippen LogP contribution in [0.4, 0.5) is 0 Å². The van der Waals surface area contributed by atoms with Crippen LogP contribution in [-0.2, 0) is 6.42 Å². The molecule has 8 aromatic carbocycles. The van der Waals surface area contributed by atoms with Gasteiger partial charge in [-0.1, -0.05) is 158 Å². The van der Waals surface area contributed by atoms with Crippen molar-refractivity contribution in [1.82, 2.24) is 0 Å². The van der Waals surface area contributed by atoms with E-state index in [4.69, 9.17) is 0 Å². The zero-order valence-corrected chi connectivity index (χ0v) is 26.1. The number of benzene rings is 8. The van der Waals surface area contributed by atoms with Crippen molar-refractivity contribution in [2.75, 3.05) is 0 Å². The van der Waals surface area contributed by atoms with Crippen LogP contribution >= 0.6 is 11.3 Å². The van der Waals surface area contributed by atoms with Crippen LogP contribution < -0.4 is 0 Å². The maximum Gasteiger partial charge on any atom is 0.0361 e. The molecule has 0 saturated carbocycles. The van der Waals surface area contributed by atoms with Crippen LogP contribution in [-0.4, -0.2) is 0 Å². The average molecular weight is 603 g/mol. The van der Waals surface area contributed by atoms with Gasteiger partial charge >= 0.3 is 0 Å². The number of hydrogen-bond donors (Lipinski definition) is 0. The van der Waals surface area contributed by atoms with Crippen LogP contribution in [0.3, 0.4) is 0 Å². The van der Waals surface area contributed by atoms with E-state index in [1.54, 1.807) is 0 Å². The van der Waals surface area contributed by atoms with Crippen molar-refractivity contribution >= 4 is 69.9 Å². The zero-order chi connectivity index (χ0) is 30.5.